The van der Waals surface area contributed by atoms with Crippen LogP contribution in [0.5, 0.6) is 0 Å². The minimum absolute atomic E-state index is 0.603. The normalized spacial score (nSPS) is 11.2. The van der Waals surface area contributed by atoms with Gasteiger partial charge in [-0.1, -0.05) is 6.92 Å². The lowest BCUT2D eigenvalue weighted by Crippen LogP contribution is -2.08. The number of nitrogens with zero attached hydrogens (tertiary/aromatic N) is 7. The third-order valence-corrected chi connectivity index (χ3v) is 3.73. The lowest BCUT2D eigenvalue weighted by Gasteiger charge is -2.09. The van der Waals surface area contributed by atoms with Gasteiger partial charge in [0.2, 0.25) is 0 Å². The smallest absolute Gasteiger partial charge is 0.169 e. The van der Waals surface area contributed by atoms with Crippen molar-refractivity contribution >= 4 is 5.82 Å². The summed E-state index contributed by atoms with van der Waals surface area (Å²) in [4.78, 5) is 4.05. The van der Waals surface area contributed by atoms with Crippen LogP contribution in [0.2, 0.25) is 0 Å². The van der Waals surface area contributed by atoms with Crippen molar-refractivity contribution in [3.8, 4) is 11.4 Å². The van der Waals surface area contributed by atoms with Crippen LogP contribution in [0.25, 0.3) is 11.4 Å². The van der Waals surface area contributed by atoms with E-state index in [1.54, 1.807) is 17.1 Å². The number of hydrogen-bond donors (Lipinski definition) is 1. The van der Waals surface area contributed by atoms with Crippen molar-refractivity contribution in [1.29, 1.82) is 0 Å². The molecule has 0 unspecified atom stereocenters. The van der Waals surface area contributed by atoms with Crippen LogP contribution >= 0.6 is 0 Å². The first kappa shape index (κ1) is 14.3. The van der Waals surface area contributed by atoms with E-state index in [0.29, 0.717) is 5.82 Å². The molecule has 0 saturated carbocycles. The van der Waals surface area contributed by atoms with Crippen molar-refractivity contribution in [3.63, 3.8) is 0 Å². The molecule has 8 heteroatoms. The van der Waals surface area contributed by atoms with Crippen molar-refractivity contribution in [2.24, 2.45) is 7.05 Å². The summed E-state index contributed by atoms with van der Waals surface area (Å²) in [7, 11) is 1.82. The molecular formula is C14H20N8. The molecule has 0 bridgehead atoms. The molecule has 3 heterocycles. The highest BCUT2D eigenvalue weighted by Gasteiger charge is 2.17. The topological polar surface area (TPSA) is 92.4 Å². The first-order chi connectivity index (χ1) is 10.7. The second kappa shape index (κ2) is 6.00. The fourth-order valence-corrected chi connectivity index (χ4v) is 2.48. The predicted molar refractivity (Wildman–Crippen MR) is 82.9 cm³/mol. The Labute approximate surface area is 128 Å². The van der Waals surface area contributed by atoms with Gasteiger partial charge < -0.3 is 14.9 Å². The molecule has 0 fully saturated rings. The summed E-state index contributed by atoms with van der Waals surface area (Å²) in [6.45, 7) is 3.81. The fourth-order valence-electron chi connectivity index (χ4n) is 2.48. The van der Waals surface area contributed by atoms with Crippen molar-refractivity contribution < 1.29 is 0 Å². The monoisotopic (exact) mass is 300 g/mol. The Morgan fingerprint density at radius 1 is 1.23 bits per heavy atom. The molecule has 0 spiro atoms. The molecule has 116 valence electrons. The van der Waals surface area contributed by atoms with Crippen LogP contribution in [0, 0.1) is 0 Å². The lowest BCUT2D eigenvalue weighted by atomic mass is 10.3. The summed E-state index contributed by atoms with van der Waals surface area (Å²) in [6, 6.07) is 0. The summed E-state index contributed by atoms with van der Waals surface area (Å²) >= 11 is 0. The van der Waals surface area contributed by atoms with Crippen LogP contribution in [-0.2, 0) is 26.6 Å². The zero-order chi connectivity index (χ0) is 15.5. The van der Waals surface area contributed by atoms with Gasteiger partial charge in [-0.25, -0.2) is 4.98 Å². The Hall–Kier alpha value is -2.64. The van der Waals surface area contributed by atoms with Crippen molar-refractivity contribution in [2.75, 3.05) is 5.73 Å². The first-order valence-electron chi connectivity index (χ1n) is 7.36. The number of imidazole rings is 1. The number of aromatic nitrogens is 7. The number of rotatable bonds is 6. The average Bonchev–Trinajstić information content (AvgIpc) is 3.23. The molecule has 0 amide bonds. The highest BCUT2D eigenvalue weighted by molar-refractivity contribution is 5.68. The number of nitrogen functional groups attached to an aromatic ring is 1. The second-order valence-corrected chi connectivity index (χ2v) is 5.17. The molecule has 2 N–H and O–H groups in total. The van der Waals surface area contributed by atoms with Crippen LogP contribution in [0.3, 0.4) is 0 Å². The Morgan fingerprint density at radius 2 is 2.09 bits per heavy atom. The summed E-state index contributed by atoms with van der Waals surface area (Å²) in [5, 5.41) is 12.8. The van der Waals surface area contributed by atoms with E-state index in [-0.39, 0.29) is 0 Å². The SMILES string of the molecule is CCc1nnc(-c2cnn(C)c2N)n1CCCn1ccnc1. The highest BCUT2D eigenvalue weighted by atomic mass is 15.3. The van der Waals surface area contributed by atoms with E-state index in [4.69, 9.17) is 5.73 Å². The summed E-state index contributed by atoms with van der Waals surface area (Å²) < 4.78 is 5.84. The molecule has 0 aliphatic rings. The zero-order valence-electron chi connectivity index (χ0n) is 12.8. The number of hydrogen-bond acceptors (Lipinski definition) is 5. The van der Waals surface area contributed by atoms with Gasteiger partial charge in [-0.3, -0.25) is 4.68 Å². The number of aryl methyl sites for hydroxylation is 3. The predicted octanol–water partition coefficient (Wildman–Crippen LogP) is 1.11. The molecule has 3 aromatic rings. The number of nitrogens with two attached hydrogens (primary N) is 1. The maximum atomic E-state index is 6.07. The Balaban J connectivity index is 1.82. The van der Waals surface area contributed by atoms with Crippen LogP contribution in [0.1, 0.15) is 19.2 Å². The molecule has 0 aromatic carbocycles. The Kier molecular flexibility index (Phi) is 3.90. The second-order valence-electron chi connectivity index (χ2n) is 5.17. The van der Waals surface area contributed by atoms with Gasteiger partial charge in [-0.15, -0.1) is 10.2 Å². The Morgan fingerprint density at radius 3 is 2.73 bits per heavy atom. The Bertz CT molecular complexity index is 737. The molecule has 0 atom stereocenters. The summed E-state index contributed by atoms with van der Waals surface area (Å²) in [5.41, 5.74) is 6.90. The van der Waals surface area contributed by atoms with Gasteiger partial charge in [-0.2, -0.15) is 5.10 Å². The highest BCUT2D eigenvalue weighted by Crippen LogP contribution is 2.24. The number of anilines is 1. The minimum atomic E-state index is 0.603. The maximum Gasteiger partial charge on any atom is 0.169 e. The largest absolute Gasteiger partial charge is 0.383 e. The van der Waals surface area contributed by atoms with Crippen LogP contribution in [-0.4, -0.2) is 34.1 Å². The first-order valence-corrected chi connectivity index (χ1v) is 7.36. The standard InChI is InChI=1S/C14H20N8/c1-3-12-18-19-14(11-9-17-20(2)13(11)15)22(12)7-4-6-21-8-5-16-10-21/h5,8-10H,3-4,6-7,15H2,1-2H3. The van der Waals surface area contributed by atoms with E-state index in [9.17, 15) is 0 Å². The maximum absolute atomic E-state index is 6.07. The molecule has 0 saturated heterocycles. The van der Waals surface area contributed by atoms with Gasteiger partial charge in [0.15, 0.2) is 5.82 Å². The zero-order valence-corrected chi connectivity index (χ0v) is 12.8. The van der Waals surface area contributed by atoms with E-state index >= 15 is 0 Å². The van der Waals surface area contributed by atoms with Gasteiger partial charge in [0.25, 0.3) is 0 Å². The van der Waals surface area contributed by atoms with Crippen LogP contribution in [0.4, 0.5) is 5.82 Å². The molecule has 0 radical (unpaired) electrons. The van der Waals surface area contributed by atoms with Crippen molar-refractivity contribution in [2.45, 2.75) is 32.9 Å². The van der Waals surface area contributed by atoms with E-state index in [1.165, 1.54) is 0 Å². The van der Waals surface area contributed by atoms with Gasteiger partial charge in [0, 0.05) is 39.0 Å². The van der Waals surface area contributed by atoms with Crippen molar-refractivity contribution in [1.82, 2.24) is 34.1 Å². The molecular weight excluding hydrogens is 280 g/mol. The van der Waals surface area contributed by atoms with Gasteiger partial charge in [0.05, 0.1) is 18.1 Å². The minimum Gasteiger partial charge on any atom is -0.383 e. The van der Waals surface area contributed by atoms with Crippen LogP contribution in [0.15, 0.2) is 24.9 Å². The fraction of sp³-hybridized carbons (Fsp3) is 0.429. The quantitative estimate of drug-likeness (QED) is 0.736. The van der Waals surface area contributed by atoms with E-state index < -0.39 is 0 Å². The molecule has 0 aliphatic carbocycles. The van der Waals surface area contributed by atoms with Gasteiger partial charge in [0.1, 0.15) is 11.6 Å². The summed E-state index contributed by atoms with van der Waals surface area (Å²) in [6.07, 6.45) is 9.12. The van der Waals surface area contributed by atoms with Gasteiger partial charge in [-0.05, 0) is 6.42 Å². The van der Waals surface area contributed by atoms with Gasteiger partial charge >= 0.3 is 0 Å². The van der Waals surface area contributed by atoms with Crippen molar-refractivity contribution in [3.05, 3.63) is 30.7 Å². The lowest BCUT2D eigenvalue weighted by molar-refractivity contribution is 0.552. The van der Waals surface area contributed by atoms with E-state index in [0.717, 1.165) is 43.1 Å². The average molecular weight is 300 g/mol. The summed E-state index contributed by atoms with van der Waals surface area (Å²) in [5.74, 6) is 2.35. The molecule has 22 heavy (non-hydrogen) atoms. The van der Waals surface area contributed by atoms with E-state index in [1.807, 2.05) is 19.6 Å². The third-order valence-electron chi connectivity index (χ3n) is 3.73. The third kappa shape index (κ3) is 2.59. The molecule has 3 aromatic heterocycles. The van der Waals surface area contributed by atoms with E-state index in [2.05, 4.69) is 36.3 Å². The molecule has 8 nitrogen and oxygen atoms in total. The molecule has 3 rings (SSSR count). The molecule has 0 aliphatic heterocycles. The van der Waals surface area contributed by atoms with Crippen LogP contribution < -0.4 is 5.73 Å².